The number of anilines is 1. The van der Waals surface area contributed by atoms with Gasteiger partial charge >= 0.3 is 0 Å². The van der Waals surface area contributed by atoms with Crippen LogP contribution in [0.25, 0.3) is 16.9 Å². The maximum Gasteiger partial charge on any atom is 0.255 e. The Balaban J connectivity index is 1.60. The number of hydrogen-bond acceptors (Lipinski definition) is 3. The molecule has 5 nitrogen and oxygen atoms in total. The zero-order valence-corrected chi connectivity index (χ0v) is 16.1. The molecule has 0 radical (unpaired) electrons. The molecule has 2 aromatic carbocycles. The number of fused-ring (bicyclic) bond motifs is 1. The van der Waals surface area contributed by atoms with E-state index in [0.29, 0.717) is 5.56 Å². The van der Waals surface area contributed by atoms with Gasteiger partial charge in [-0.2, -0.15) is 0 Å². The molecular formula is C23H21N3O2. The molecule has 0 atom stereocenters. The maximum atomic E-state index is 12.7. The molecule has 0 aliphatic rings. The van der Waals surface area contributed by atoms with Crippen molar-refractivity contribution in [3.63, 3.8) is 0 Å². The van der Waals surface area contributed by atoms with Crippen LogP contribution in [0.5, 0.6) is 5.75 Å². The number of imidazole rings is 1. The quantitative estimate of drug-likeness (QED) is 0.556. The second-order valence-electron chi connectivity index (χ2n) is 6.81. The number of pyridine rings is 1. The van der Waals surface area contributed by atoms with E-state index < -0.39 is 0 Å². The summed E-state index contributed by atoms with van der Waals surface area (Å²) < 4.78 is 7.20. The smallest absolute Gasteiger partial charge is 0.255 e. The Kier molecular flexibility index (Phi) is 4.57. The summed E-state index contributed by atoms with van der Waals surface area (Å²) in [5.41, 5.74) is 6.09. The van der Waals surface area contributed by atoms with Gasteiger partial charge in [-0.1, -0.05) is 12.1 Å². The van der Waals surface area contributed by atoms with Crippen molar-refractivity contribution in [2.24, 2.45) is 0 Å². The summed E-state index contributed by atoms with van der Waals surface area (Å²) in [6.45, 7) is 3.94. The van der Waals surface area contributed by atoms with Crippen molar-refractivity contribution in [2.75, 3.05) is 12.4 Å². The molecule has 2 aromatic heterocycles. The van der Waals surface area contributed by atoms with E-state index in [9.17, 15) is 4.79 Å². The molecule has 0 saturated carbocycles. The number of aromatic nitrogens is 2. The number of rotatable bonds is 4. The Hall–Kier alpha value is -3.60. The van der Waals surface area contributed by atoms with Gasteiger partial charge < -0.3 is 14.5 Å². The SMILES string of the molecule is COc1ccc(C(=O)Nc2cccc(-c3cn4ccc(C)cc4n3)c2)c(C)c1. The van der Waals surface area contributed by atoms with Crippen molar-refractivity contribution >= 4 is 17.2 Å². The number of ether oxygens (including phenoxy) is 1. The van der Waals surface area contributed by atoms with E-state index in [1.807, 2.05) is 73.1 Å². The minimum atomic E-state index is -0.150. The van der Waals surface area contributed by atoms with Gasteiger partial charge in [-0.15, -0.1) is 0 Å². The number of methoxy groups -OCH3 is 1. The Morgan fingerprint density at radius 2 is 1.93 bits per heavy atom. The molecule has 4 rings (SSSR count). The second-order valence-corrected chi connectivity index (χ2v) is 6.81. The van der Waals surface area contributed by atoms with Crippen LogP contribution in [0.15, 0.2) is 67.0 Å². The molecule has 28 heavy (non-hydrogen) atoms. The first-order valence-electron chi connectivity index (χ1n) is 9.05. The predicted octanol–water partition coefficient (Wildman–Crippen LogP) is 4.88. The first kappa shape index (κ1) is 17.8. The maximum absolute atomic E-state index is 12.7. The molecule has 1 amide bonds. The van der Waals surface area contributed by atoms with Crippen molar-refractivity contribution in [2.45, 2.75) is 13.8 Å². The predicted molar refractivity (Wildman–Crippen MR) is 111 cm³/mol. The monoisotopic (exact) mass is 371 g/mol. The van der Waals surface area contributed by atoms with Crippen LogP contribution in [0.3, 0.4) is 0 Å². The fourth-order valence-electron chi connectivity index (χ4n) is 3.20. The van der Waals surface area contributed by atoms with E-state index in [4.69, 9.17) is 9.72 Å². The molecule has 0 unspecified atom stereocenters. The van der Waals surface area contributed by atoms with E-state index in [1.165, 1.54) is 5.56 Å². The number of nitrogens with one attached hydrogen (secondary N) is 1. The fourth-order valence-corrected chi connectivity index (χ4v) is 3.20. The third kappa shape index (κ3) is 3.47. The van der Waals surface area contributed by atoms with Crippen LogP contribution in [-0.4, -0.2) is 22.4 Å². The standard InChI is InChI=1S/C23H21N3O2/c1-15-9-10-26-14-21(25-22(26)11-15)17-5-4-6-18(13-17)24-23(27)20-8-7-19(28-3)12-16(20)2/h4-14H,1-3H3,(H,24,27). The lowest BCUT2D eigenvalue weighted by Crippen LogP contribution is -2.13. The molecule has 0 fully saturated rings. The van der Waals surface area contributed by atoms with Gasteiger partial charge in [0.25, 0.3) is 5.91 Å². The summed E-state index contributed by atoms with van der Waals surface area (Å²) in [4.78, 5) is 17.4. The van der Waals surface area contributed by atoms with Crippen molar-refractivity contribution < 1.29 is 9.53 Å². The molecule has 1 N–H and O–H groups in total. The van der Waals surface area contributed by atoms with Gasteiger partial charge in [-0.25, -0.2) is 4.98 Å². The third-order valence-electron chi connectivity index (χ3n) is 4.71. The number of carbonyl (C=O) groups is 1. The van der Waals surface area contributed by atoms with Crippen molar-refractivity contribution in [3.8, 4) is 17.0 Å². The van der Waals surface area contributed by atoms with Crippen molar-refractivity contribution in [1.82, 2.24) is 9.38 Å². The summed E-state index contributed by atoms with van der Waals surface area (Å²) in [7, 11) is 1.61. The zero-order chi connectivity index (χ0) is 19.7. The molecular weight excluding hydrogens is 350 g/mol. The Labute approximate surface area is 163 Å². The number of nitrogens with zero attached hydrogens (tertiary/aromatic N) is 2. The number of aryl methyl sites for hydroxylation is 2. The van der Waals surface area contributed by atoms with Gasteiger partial charge in [0, 0.05) is 29.2 Å². The van der Waals surface area contributed by atoms with Crippen LogP contribution in [0.4, 0.5) is 5.69 Å². The van der Waals surface area contributed by atoms with Gasteiger partial charge in [0.2, 0.25) is 0 Å². The highest BCUT2D eigenvalue weighted by molar-refractivity contribution is 6.05. The number of hydrogen-bond donors (Lipinski definition) is 1. The lowest BCUT2D eigenvalue weighted by atomic mass is 10.1. The molecule has 5 heteroatoms. The summed E-state index contributed by atoms with van der Waals surface area (Å²) in [6, 6.07) is 17.2. The van der Waals surface area contributed by atoms with Crippen LogP contribution < -0.4 is 10.1 Å². The Bertz CT molecular complexity index is 1180. The summed E-state index contributed by atoms with van der Waals surface area (Å²) in [5.74, 6) is 0.584. The second kappa shape index (κ2) is 7.19. The topological polar surface area (TPSA) is 55.6 Å². The Morgan fingerprint density at radius 1 is 1.07 bits per heavy atom. The van der Waals surface area contributed by atoms with Crippen LogP contribution in [-0.2, 0) is 0 Å². The molecule has 0 aliphatic heterocycles. The normalized spacial score (nSPS) is 10.8. The van der Waals surface area contributed by atoms with Crippen LogP contribution >= 0.6 is 0 Å². The lowest BCUT2D eigenvalue weighted by Gasteiger charge is -2.10. The van der Waals surface area contributed by atoms with Gasteiger partial charge in [-0.05, 0) is 67.4 Å². The van der Waals surface area contributed by atoms with Crippen LogP contribution in [0, 0.1) is 13.8 Å². The Morgan fingerprint density at radius 3 is 2.71 bits per heavy atom. The lowest BCUT2D eigenvalue weighted by molar-refractivity contribution is 0.102. The van der Waals surface area contributed by atoms with E-state index in [0.717, 1.165) is 33.9 Å². The van der Waals surface area contributed by atoms with Crippen LogP contribution in [0.2, 0.25) is 0 Å². The average molecular weight is 371 g/mol. The largest absolute Gasteiger partial charge is 0.497 e. The van der Waals surface area contributed by atoms with Crippen molar-refractivity contribution in [3.05, 3.63) is 83.7 Å². The van der Waals surface area contributed by atoms with Crippen LogP contribution in [0.1, 0.15) is 21.5 Å². The zero-order valence-electron chi connectivity index (χ0n) is 16.1. The first-order chi connectivity index (χ1) is 13.5. The highest BCUT2D eigenvalue weighted by atomic mass is 16.5. The van der Waals surface area contributed by atoms with E-state index in [1.54, 1.807) is 19.2 Å². The summed E-state index contributed by atoms with van der Waals surface area (Å²) in [6.07, 6.45) is 3.99. The molecule has 0 bridgehead atoms. The van der Waals surface area contributed by atoms with Gasteiger partial charge in [0.1, 0.15) is 11.4 Å². The molecule has 0 aliphatic carbocycles. The van der Waals surface area contributed by atoms with E-state index >= 15 is 0 Å². The van der Waals surface area contributed by atoms with Crippen molar-refractivity contribution in [1.29, 1.82) is 0 Å². The third-order valence-corrected chi connectivity index (χ3v) is 4.71. The fraction of sp³-hybridized carbons (Fsp3) is 0.130. The molecule has 140 valence electrons. The van der Waals surface area contributed by atoms with E-state index in [-0.39, 0.29) is 5.91 Å². The minimum absolute atomic E-state index is 0.150. The highest BCUT2D eigenvalue weighted by Gasteiger charge is 2.11. The summed E-state index contributed by atoms with van der Waals surface area (Å²) in [5, 5.41) is 2.98. The summed E-state index contributed by atoms with van der Waals surface area (Å²) >= 11 is 0. The molecule has 0 spiro atoms. The van der Waals surface area contributed by atoms with Gasteiger partial charge in [0.05, 0.1) is 12.8 Å². The molecule has 2 heterocycles. The molecule has 0 saturated heterocycles. The highest BCUT2D eigenvalue weighted by Crippen LogP contribution is 2.24. The first-order valence-corrected chi connectivity index (χ1v) is 9.05. The van der Waals surface area contributed by atoms with Gasteiger partial charge in [0.15, 0.2) is 0 Å². The number of amides is 1. The molecule has 4 aromatic rings. The average Bonchev–Trinajstić information content (AvgIpc) is 3.11. The van der Waals surface area contributed by atoms with Gasteiger partial charge in [-0.3, -0.25) is 4.79 Å². The number of benzene rings is 2. The van der Waals surface area contributed by atoms with E-state index in [2.05, 4.69) is 5.32 Å². The number of carbonyl (C=O) groups excluding carboxylic acids is 1. The minimum Gasteiger partial charge on any atom is -0.497 e.